The highest BCUT2D eigenvalue weighted by Gasteiger charge is 2.51. The lowest BCUT2D eigenvalue weighted by Crippen LogP contribution is -2.36. The number of hydrogen-bond donors (Lipinski definition) is 3. The van der Waals surface area contributed by atoms with Crippen LogP contribution in [0.15, 0.2) is 65.6 Å². The van der Waals surface area contributed by atoms with E-state index in [1.54, 1.807) is 55.5 Å². The van der Waals surface area contributed by atoms with Crippen LogP contribution in [0.2, 0.25) is 10.0 Å². The van der Waals surface area contributed by atoms with Crippen molar-refractivity contribution in [1.82, 2.24) is 15.6 Å². The molecule has 3 aromatic rings. The van der Waals surface area contributed by atoms with Gasteiger partial charge in [-0.3, -0.25) is 19.2 Å². The van der Waals surface area contributed by atoms with Gasteiger partial charge in [0, 0.05) is 28.9 Å². The lowest BCUT2D eigenvalue weighted by atomic mass is 9.98. The van der Waals surface area contributed by atoms with E-state index in [0.29, 0.717) is 22.9 Å². The fraction of sp³-hybridized carbons (Fsp3) is 0.355. The zero-order valence-electron chi connectivity index (χ0n) is 24.0. The minimum atomic E-state index is -0.704. The van der Waals surface area contributed by atoms with Crippen LogP contribution in [-0.2, 0) is 9.53 Å². The molecule has 2 aromatic carbocycles. The minimum Gasteiger partial charge on any atom is -0.466 e. The quantitative estimate of drug-likeness (QED) is 0.248. The zero-order valence-corrected chi connectivity index (χ0v) is 25.5. The van der Waals surface area contributed by atoms with Gasteiger partial charge in [0.1, 0.15) is 11.3 Å². The normalized spacial score (nSPS) is 12.6. The second-order valence-corrected chi connectivity index (χ2v) is 9.69. The Kier molecular flexibility index (Phi) is 13.1. The predicted octanol–water partition coefficient (Wildman–Crippen LogP) is 6.33. The van der Waals surface area contributed by atoms with E-state index >= 15 is 0 Å². The number of H-pyrrole nitrogens is 1. The Hall–Kier alpha value is -3.62. The number of rotatable bonds is 9. The van der Waals surface area contributed by atoms with E-state index in [9.17, 15) is 19.2 Å². The number of ether oxygens (including phenoxy) is 1. The van der Waals surface area contributed by atoms with E-state index in [-0.39, 0.29) is 30.4 Å². The van der Waals surface area contributed by atoms with Crippen LogP contribution in [0.25, 0.3) is 0 Å². The lowest BCUT2D eigenvalue weighted by Gasteiger charge is -2.20. The van der Waals surface area contributed by atoms with Gasteiger partial charge in [0.2, 0.25) is 0 Å². The number of esters is 1. The van der Waals surface area contributed by atoms with Crippen LogP contribution in [0.3, 0.4) is 0 Å². The molecule has 8 nitrogen and oxygen atoms in total. The van der Waals surface area contributed by atoms with Gasteiger partial charge in [-0.15, -0.1) is 0 Å². The van der Waals surface area contributed by atoms with Crippen LogP contribution in [0.1, 0.15) is 85.5 Å². The molecular weight excluding hydrogens is 565 g/mol. The molecule has 41 heavy (non-hydrogen) atoms. The van der Waals surface area contributed by atoms with E-state index in [4.69, 9.17) is 27.9 Å². The lowest BCUT2D eigenvalue weighted by molar-refractivity contribution is -0.149. The molecule has 0 bridgehead atoms. The first-order valence-electron chi connectivity index (χ1n) is 13.7. The number of amides is 2. The van der Waals surface area contributed by atoms with Gasteiger partial charge in [0.05, 0.1) is 18.1 Å². The van der Waals surface area contributed by atoms with Crippen LogP contribution in [0.5, 0.6) is 0 Å². The maximum atomic E-state index is 13.1. The highest BCUT2D eigenvalue weighted by molar-refractivity contribution is 6.30. The first-order valence-corrected chi connectivity index (χ1v) is 14.5. The smallest absolute Gasteiger partial charge is 0.313 e. The number of aromatic amines is 1. The molecule has 220 valence electrons. The Balaban J connectivity index is 0.00000141. The summed E-state index contributed by atoms with van der Waals surface area (Å²) >= 11 is 12.0. The van der Waals surface area contributed by atoms with Crippen LogP contribution in [0, 0.1) is 5.41 Å². The molecule has 1 aromatic heterocycles. The molecule has 1 aliphatic carbocycles. The third-order valence-corrected chi connectivity index (χ3v) is 6.74. The number of aromatic nitrogens is 1. The van der Waals surface area contributed by atoms with Crippen molar-refractivity contribution in [2.24, 2.45) is 5.41 Å². The molecule has 1 aliphatic rings. The summed E-state index contributed by atoms with van der Waals surface area (Å²) in [6.45, 7) is 10.1. The molecule has 0 atom stereocenters. The average molecular weight is 603 g/mol. The summed E-state index contributed by atoms with van der Waals surface area (Å²) < 4.78 is 5.07. The molecule has 0 aliphatic heterocycles. The van der Waals surface area contributed by atoms with Crippen molar-refractivity contribution < 1.29 is 19.1 Å². The summed E-state index contributed by atoms with van der Waals surface area (Å²) in [5.41, 5.74) is -0.00245. The molecule has 10 heteroatoms. The maximum Gasteiger partial charge on any atom is 0.313 e. The highest BCUT2D eigenvalue weighted by Crippen LogP contribution is 2.46. The minimum absolute atomic E-state index is 0.0202. The topological polar surface area (TPSA) is 117 Å². The summed E-state index contributed by atoms with van der Waals surface area (Å²) in [5.74, 6) is -1.52. The second kappa shape index (κ2) is 16.0. The van der Waals surface area contributed by atoms with Crippen molar-refractivity contribution in [3.05, 3.63) is 103 Å². The summed E-state index contributed by atoms with van der Waals surface area (Å²) in [4.78, 5) is 53.3. The first kappa shape index (κ1) is 33.6. The highest BCUT2D eigenvalue weighted by atomic mass is 35.5. The average Bonchev–Trinajstić information content (AvgIpc) is 3.79. The van der Waals surface area contributed by atoms with Gasteiger partial charge in [-0.1, -0.05) is 75.2 Å². The Morgan fingerprint density at radius 1 is 0.902 bits per heavy atom. The van der Waals surface area contributed by atoms with E-state index in [2.05, 4.69) is 15.6 Å². The Bertz CT molecular complexity index is 1320. The van der Waals surface area contributed by atoms with Crippen molar-refractivity contribution in [2.75, 3.05) is 13.2 Å². The zero-order chi connectivity index (χ0) is 30.6. The SMILES string of the molecule is CC.CC.CCOC(=O)C1(CNC(=O)c2cc(=O)c(C(=O)NC(c3ccc(Cl)cc3)c3ccc(Cl)cc3)c[nH]2)CC1. The number of nitrogens with one attached hydrogen (secondary N) is 3. The maximum absolute atomic E-state index is 13.1. The van der Waals surface area contributed by atoms with Crippen molar-refractivity contribution >= 4 is 41.0 Å². The first-order chi connectivity index (χ1) is 19.7. The van der Waals surface area contributed by atoms with Crippen molar-refractivity contribution in [3.8, 4) is 0 Å². The van der Waals surface area contributed by atoms with Crippen molar-refractivity contribution in [1.29, 1.82) is 0 Å². The fourth-order valence-corrected chi connectivity index (χ4v) is 4.14. The van der Waals surface area contributed by atoms with E-state index in [1.807, 2.05) is 27.7 Å². The summed E-state index contributed by atoms with van der Waals surface area (Å²) in [5, 5.41) is 6.64. The molecular formula is C31H37Cl2N3O5. The van der Waals surface area contributed by atoms with Gasteiger partial charge in [0.25, 0.3) is 11.8 Å². The number of carbonyl (C=O) groups excluding carboxylic acids is 3. The number of carbonyl (C=O) groups is 3. The molecule has 0 unspecified atom stereocenters. The largest absolute Gasteiger partial charge is 0.466 e. The molecule has 0 radical (unpaired) electrons. The van der Waals surface area contributed by atoms with Crippen molar-refractivity contribution in [3.63, 3.8) is 0 Å². The van der Waals surface area contributed by atoms with Gasteiger partial charge < -0.3 is 20.4 Å². The Morgan fingerprint density at radius 3 is 1.85 bits per heavy atom. The van der Waals surface area contributed by atoms with Crippen molar-refractivity contribution in [2.45, 2.75) is 53.5 Å². The van der Waals surface area contributed by atoms with Gasteiger partial charge in [0.15, 0.2) is 5.43 Å². The van der Waals surface area contributed by atoms with Crippen LogP contribution in [0.4, 0.5) is 0 Å². The van der Waals surface area contributed by atoms with E-state index < -0.39 is 28.7 Å². The second-order valence-electron chi connectivity index (χ2n) is 8.82. The Morgan fingerprint density at radius 2 is 1.41 bits per heavy atom. The molecule has 4 rings (SSSR count). The summed E-state index contributed by atoms with van der Waals surface area (Å²) in [6, 6.07) is 14.4. The van der Waals surface area contributed by atoms with Crippen LogP contribution >= 0.6 is 23.2 Å². The molecule has 0 saturated heterocycles. The van der Waals surface area contributed by atoms with Gasteiger partial charge in [-0.05, 0) is 55.2 Å². The van der Waals surface area contributed by atoms with Crippen LogP contribution < -0.4 is 16.1 Å². The monoisotopic (exact) mass is 601 g/mol. The van der Waals surface area contributed by atoms with Gasteiger partial charge in [-0.25, -0.2) is 0 Å². The molecule has 1 heterocycles. The number of pyridine rings is 1. The number of hydrogen-bond acceptors (Lipinski definition) is 5. The molecule has 0 spiro atoms. The van der Waals surface area contributed by atoms with E-state index in [0.717, 1.165) is 17.2 Å². The molecule has 1 fully saturated rings. The third-order valence-electron chi connectivity index (χ3n) is 6.23. The molecule has 2 amide bonds. The van der Waals surface area contributed by atoms with Crippen LogP contribution in [-0.4, -0.2) is 35.9 Å². The fourth-order valence-electron chi connectivity index (χ4n) is 3.89. The summed E-state index contributed by atoms with van der Waals surface area (Å²) in [6.07, 6.45) is 2.46. The molecule has 1 saturated carbocycles. The van der Waals surface area contributed by atoms with Gasteiger partial charge in [-0.2, -0.15) is 0 Å². The van der Waals surface area contributed by atoms with E-state index in [1.165, 1.54) is 6.20 Å². The molecule has 3 N–H and O–H groups in total. The number of halogens is 2. The Labute approximate surface area is 250 Å². The number of benzene rings is 2. The third kappa shape index (κ3) is 8.93. The standard InChI is InChI=1S/C27H25Cl2N3O5.2C2H6/c1-2-37-26(36)27(11-12-27)15-31-25(35)21-13-22(33)20(14-30-21)24(34)32-23(16-3-7-18(28)8-4-16)17-5-9-19(29)10-6-17;2*1-2/h3-10,13-14,23H,2,11-12,15H2,1H3,(H,30,33)(H,31,35)(H,32,34);2*1-2H3. The van der Waals surface area contributed by atoms with Gasteiger partial charge >= 0.3 is 5.97 Å². The summed E-state index contributed by atoms with van der Waals surface area (Å²) in [7, 11) is 0. The predicted molar refractivity (Wildman–Crippen MR) is 163 cm³/mol.